The van der Waals surface area contributed by atoms with Crippen LogP contribution in [0.1, 0.15) is 6.42 Å². The third kappa shape index (κ3) is 6.00. The predicted molar refractivity (Wildman–Crippen MR) is 171 cm³/mol. The molecular formula is C27H34P2Si4. The molecule has 33 heavy (non-hydrogen) atoms. The largest absolute Gasteiger partial charge is 0.0634 e. The van der Waals surface area contributed by atoms with Crippen molar-refractivity contribution in [3.05, 3.63) is 97.1 Å². The van der Waals surface area contributed by atoms with Crippen molar-refractivity contribution < 1.29 is 0 Å². The fourth-order valence-electron chi connectivity index (χ4n) is 4.59. The lowest BCUT2D eigenvalue weighted by atomic mass is 10.3. The highest BCUT2D eigenvalue weighted by Crippen LogP contribution is 2.38. The van der Waals surface area contributed by atoms with Gasteiger partial charge in [-0.25, -0.2) is 0 Å². The van der Waals surface area contributed by atoms with Crippen LogP contribution >= 0.6 is 15.8 Å². The molecule has 0 spiro atoms. The summed E-state index contributed by atoms with van der Waals surface area (Å²) in [6.45, 7) is 0. The van der Waals surface area contributed by atoms with Gasteiger partial charge in [-0.15, -0.1) is 0 Å². The first-order valence-corrected chi connectivity index (χ1v) is 18.9. The Balaban J connectivity index is 1.64. The van der Waals surface area contributed by atoms with Gasteiger partial charge in [0, 0.05) is 41.0 Å². The van der Waals surface area contributed by atoms with Gasteiger partial charge in [0.05, 0.1) is 0 Å². The fraction of sp³-hybridized carbons (Fsp3) is 0.111. The molecule has 0 aromatic heterocycles. The SMILES string of the molecule is [SiH3]c1ccccc1P(CCCP(c1ccccc1[SiH3])c1ccccc1[SiH3])c1ccccc1[SiH3]. The standard InChI is InChI=1S/C27H34P2Si4/c30-24-14-5-1-10-20(24)28(21-11-2-6-15-25(21)31)18-9-19-29(22-12-3-7-16-26(22)32)23-13-4-8-17-27(23)33/h1-8,10-17H,9,18-19H2,30-33H3. The normalized spacial score (nSPS) is 13.3. The topological polar surface area (TPSA) is 0 Å². The van der Waals surface area contributed by atoms with Crippen LogP contribution in [0, 0.1) is 0 Å². The van der Waals surface area contributed by atoms with E-state index in [4.69, 9.17) is 0 Å². The molecule has 0 amide bonds. The van der Waals surface area contributed by atoms with E-state index >= 15 is 0 Å². The van der Waals surface area contributed by atoms with E-state index in [9.17, 15) is 0 Å². The minimum absolute atomic E-state index is 0.279. The Bertz CT molecular complexity index is 1040. The first-order valence-electron chi connectivity index (χ1n) is 11.8. The smallest absolute Gasteiger partial charge is 0.0393 e. The molecule has 0 saturated carbocycles. The Morgan fingerprint density at radius 1 is 0.394 bits per heavy atom. The molecule has 0 aliphatic heterocycles. The van der Waals surface area contributed by atoms with Crippen LogP contribution in [0.3, 0.4) is 0 Å². The monoisotopic (exact) mass is 532 g/mol. The van der Waals surface area contributed by atoms with Crippen LogP contribution in [0.2, 0.25) is 0 Å². The van der Waals surface area contributed by atoms with Crippen LogP contribution in [-0.4, -0.2) is 53.3 Å². The Morgan fingerprint density at radius 3 is 0.879 bits per heavy atom. The van der Waals surface area contributed by atoms with E-state index < -0.39 is 0 Å². The zero-order valence-electron chi connectivity index (χ0n) is 20.3. The van der Waals surface area contributed by atoms with E-state index in [1.165, 1.54) is 18.7 Å². The van der Waals surface area contributed by atoms with Crippen molar-refractivity contribution in [1.82, 2.24) is 0 Å². The lowest BCUT2D eigenvalue weighted by molar-refractivity contribution is 1.11. The maximum atomic E-state index is 2.42. The molecule has 0 saturated heterocycles. The van der Waals surface area contributed by atoms with Crippen molar-refractivity contribution in [3.8, 4) is 0 Å². The second-order valence-electron chi connectivity index (χ2n) is 8.80. The van der Waals surface area contributed by atoms with Crippen molar-refractivity contribution in [2.75, 3.05) is 12.3 Å². The number of hydrogen-bond donors (Lipinski definition) is 0. The summed E-state index contributed by atoms with van der Waals surface area (Å²) >= 11 is 0. The van der Waals surface area contributed by atoms with Gasteiger partial charge in [-0.05, 0) is 55.8 Å². The minimum Gasteiger partial charge on any atom is -0.0634 e. The zero-order chi connectivity index (χ0) is 23.2. The molecule has 4 rings (SSSR count). The van der Waals surface area contributed by atoms with E-state index in [0.717, 1.165) is 41.0 Å². The molecule has 4 aromatic rings. The summed E-state index contributed by atoms with van der Waals surface area (Å²) in [5.41, 5.74) is 0. The van der Waals surface area contributed by atoms with Crippen molar-refractivity contribution >= 4 is 98.8 Å². The number of benzene rings is 4. The minimum atomic E-state index is -0.279. The zero-order valence-corrected chi connectivity index (χ0v) is 30.0. The van der Waals surface area contributed by atoms with Crippen molar-refractivity contribution in [3.63, 3.8) is 0 Å². The molecular weight excluding hydrogens is 499 g/mol. The summed E-state index contributed by atoms with van der Waals surface area (Å²) < 4.78 is 0. The second kappa shape index (κ2) is 11.8. The first-order chi connectivity index (χ1) is 16.1. The second-order valence-corrected chi connectivity index (χ2v) is 17.6. The summed E-state index contributed by atoms with van der Waals surface area (Å²) in [5, 5.41) is 12.9. The van der Waals surface area contributed by atoms with Gasteiger partial charge in [-0.3, -0.25) is 0 Å². The fourth-order valence-corrected chi connectivity index (χ4v) is 15.0. The van der Waals surface area contributed by atoms with E-state index in [1.807, 2.05) is 0 Å². The Labute approximate surface area is 213 Å². The highest BCUT2D eigenvalue weighted by atomic mass is 31.1. The molecule has 0 fully saturated rings. The summed E-state index contributed by atoms with van der Waals surface area (Å²) in [5.74, 6) is 0. The lowest BCUT2D eigenvalue weighted by Gasteiger charge is -2.26. The molecule has 0 unspecified atom stereocenters. The average molecular weight is 533 g/mol. The summed E-state index contributed by atoms with van der Waals surface area (Å²) in [6.07, 6.45) is 3.91. The van der Waals surface area contributed by atoms with Gasteiger partial charge in [0.25, 0.3) is 0 Å². The summed E-state index contributed by atoms with van der Waals surface area (Å²) in [6, 6.07) is 37.0. The molecule has 0 nitrogen and oxygen atoms in total. The van der Waals surface area contributed by atoms with Gasteiger partial charge < -0.3 is 0 Å². The molecule has 0 bridgehead atoms. The maximum Gasteiger partial charge on any atom is 0.0393 e. The van der Waals surface area contributed by atoms with Crippen LogP contribution in [0.15, 0.2) is 97.1 Å². The summed E-state index contributed by atoms with van der Waals surface area (Å²) in [7, 11) is 3.95. The lowest BCUT2D eigenvalue weighted by Crippen LogP contribution is -2.35. The quantitative estimate of drug-likeness (QED) is 0.176. The summed E-state index contributed by atoms with van der Waals surface area (Å²) in [4.78, 5) is 0. The van der Waals surface area contributed by atoms with Gasteiger partial charge in [-0.2, -0.15) is 0 Å². The molecule has 0 atom stereocenters. The Kier molecular flexibility index (Phi) is 8.87. The van der Waals surface area contributed by atoms with E-state index in [1.54, 1.807) is 42.0 Å². The van der Waals surface area contributed by atoms with Gasteiger partial charge in [-0.1, -0.05) is 118 Å². The molecule has 0 N–H and O–H groups in total. The van der Waals surface area contributed by atoms with Crippen LogP contribution in [-0.2, 0) is 0 Å². The van der Waals surface area contributed by atoms with Gasteiger partial charge >= 0.3 is 0 Å². The van der Waals surface area contributed by atoms with Crippen LogP contribution in [0.4, 0.5) is 0 Å². The van der Waals surface area contributed by atoms with Crippen molar-refractivity contribution in [1.29, 1.82) is 0 Å². The van der Waals surface area contributed by atoms with Crippen LogP contribution < -0.4 is 42.0 Å². The third-order valence-corrected chi connectivity index (χ3v) is 17.4. The van der Waals surface area contributed by atoms with E-state index in [2.05, 4.69) is 97.1 Å². The third-order valence-electron chi connectivity index (χ3n) is 6.39. The van der Waals surface area contributed by atoms with Crippen molar-refractivity contribution in [2.45, 2.75) is 6.42 Å². The molecule has 0 aliphatic carbocycles. The van der Waals surface area contributed by atoms with Crippen molar-refractivity contribution in [2.24, 2.45) is 0 Å². The highest BCUT2D eigenvalue weighted by Gasteiger charge is 2.21. The highest BCUT2D eigenvalue weighted by molar-refractivity contribution is 7.75. The molecule has 0 radical (unpaired) electrons. The molecule has 4 aromatic carbocycles. The van der Waals surface area contributed by atoms with E-state index in [-0.39, 0.29) is 15.8 Å². The Morgan fingerprint density at radius 2 is 0.636 bits per heavy atom. The molecule has 0 aliphatic rings. The van der Waals surface area contributed by atoms with Crippen LogP contribution in [0.5, 0.6) is 0 Å². The molecule has 168 valence electrons. The Hall–Kier alpha value is -1.39. The first kappa shape index (κ1) is 24.7. The number of rotatable bonds is 8. The van der Waals surface area contributed by atoms with Gasteiger partial charge in [0.1, 0.15) is 0 Å². The molecule has 0 heterocycles. The van der Waals surface area contributed by atoms with Gasteiger partial charge in [0.15, 0.2) is 0 Å². The van der Waals surface area contributed by atoms with Crippen LogP contribution in [0.25, 0.3) is 0 Å². The van der Waals surface area contributed by atoms with E-state index in [0.29, 0.717) is 0 Å². The predicted octanol–water partition coefficient (Wildman–Crippen LogP) is -2.39. The molecule has 6 heteroatoms. The average Bonchev–Trinajstić information content (AvgIpc) is 2.82. The number of hydrogen-bond acceptors (Lipinski definition) is 0. The van der Waals surface area contributed by atoms with Gasteiger partial charge in [0.2, 0.25) is 0 Å². The maximum absolute atomic E-state index is 2.42.